The maximum absolute atomic E-state index is 11.4. The van der Waals surface area contributed by atoms with Crippen LogP contribution in [0, 0.1) is 11.3 Å². The van der Waals surface area contributed by atoms with E-state index < -0.39 is 15.7 Å². The van der Waals surface area contributed by atoms with E-state index in [-0.39, 0.29) is 12.2 Å². The molecular weight excluding hydrogens is 240 g/mol. The minimum Gasteiger partial charge on any atom is -0.325 e. The first kappa shape index (κ1) is 13.2. The van der Waals surface area contributed by atoms with Crippen molar-refractivity contribution in [3.05, 3.63) is 29.8 Å². The third-order valence-electron chi connectivity index (χ3n) is 2.02. The number of nitrogens with one attached hydrogen (secondary N) is 1. The Hall–Kier alpha value is -1.87. The highest BCUT2D eigenvalue weighted by Crippen LogP contribution is 2.13. The van der Waals surface area contributed by atoms with E-state index in [0.717, 1.165) is 6.26 Å². The van der Waals surface area contributed by atoms with Crippen LogP contribution in [-0.2, 0) is 14.6 Å². The summed E-state index contributed by atoms with van der Waals surface area (Å²) in [5.41, 5.74) is 0.744. The number of nitrogens with zero attached hydrogens (tertiary/aromatic N) is 1. The van der Waals surface area contributed by atoms with Crippen LogP contribution >= 0.6 is 0 Å². The van der Waals surface area contributed by atoms with Gasteiger partial charge >= 0.3 is 0 Å². The van der Waals surface area contributed by atoms with E-state index >= 15 is 0 Å². The van der Waals surface area contributed by atoms with Gasteiger partial charge in [-0.25, -0.2) is 8.42 Å². The number of carbonyl (C=O) groups is 1. The van der Waals surface area contributed by atoms with Crippen molar-refractivity contribution in [3.63, 3.8) is 0 Å². The molecular formula is C11H12N2O3S. The minimum absolute atomic E-state index is 0.113. The predicted molar refractivity (Wildman–Crippen MR) is 64.1 cm³/mol. The molecule has 0 aromatic heterocycles. The molecule has 6 heteroatoms. The van der Waals surface area contributed by atoms with Crippen LogP contribution in [-0.4, -0.2) is 26.3 Å². The van der Waals surface area contributed by atoms with Crippen LogP contribution in [0.5, 0.6) is 0 Å². The van der Waals surface area contributed by atoms with Crippen LogP contribution < -0.4 is 5.32 Å². The fourth-order valence-electron chi connectivity index (χ4n) is 1.18. The molecule has 17 heavy (non-hydrogen) atoms. The van der Waals surface area contributed by atoms with Gasteiger partial charge in [-0.1, -0.05) is 12.1 Å². The number of carbonyl (C=O) groups excluding carboxylic acids is 1. The SMILES string of the molecule is CS(=O)(=O)CCC(=O)Nc1ccccc1C#N. The summed E-state index contributed by atoms with van der Waals surface area (Å²) in [4.78, 5) is 11.4. The molecule has 1 aromatic carbocycles. The van der Waals surface area contributed by atoms with Crippen LogP contribution in [0.15, 0.2) is 24.3 Å². The average Bonchev–Trinajstić information content (AvgIpc) is 2.26. The second kappa shape index (κ2) is 5.46. The summed E-state index contributed by atoms with van der Waals surface area (Å²) in [5, 5.41) is 11.3. The van der Waals surface area contributed by atoms with Crippen molar-refractivity contribution in [2.24, 2.45) is 0 Å². The lowest BCUT2D eigenvalue weighted by atomic mass is 10.2. The van der Waals surface area contributed by atoms with Gasteiger partial charge in [-0.05, 0) is 12.1 Å². The summed E-state index contributed by atoms with van der Waals surface area (Å²) in [5.74, 6) is -0.619. The van der Waals surface area contributed by atoms with Gasteiger partial charge in [0.25, 0.3) is 0 Å². The maximum atomic E-state index is 11.4. The molecule has 0 saturated carbocycles. The van der Waals surface area contributed by atoms with E-state index in [4.69, 9.17) is 5.26 Å². The van der Waals surface area contributed by atoms with Gasteiger partial charge in [0.1, 0.15) is 15.9 Å². The molecule has 5 nitrogen and oxygen atoms in total. The summed E-state index contributed by atoms with van der Waals surface area (Å²) in [7, 11) is -3.15. The summed E-state index contributed by atoms with van der Waals surface area (Å²) in [6.07, 6.45) is 0.960. The van der Waals surface area contributed by atoms with Gasteiger partial charge in [0, 0.05) is 12.7 Å². The number of hydrogen-bond acceptors (Lipinski definition) is 4. The molecule has 0 atom stereocenters. The summed E-state index contributed by atoms with van der Waals surface area (Å²) in [6, 6.07) is 8.48. The van der Waals surface area contributed by atoms with E-state index in [2.05, 4.69) is 5.32 Å². The van der Waals surface area contributed by atoms with Crippen LogP contribution in [0.25, 0.3) is 0 Å². The van der Waals surface area contributed by atoms with Crippen LogP contribution in [0.2, 0.25) is 0 Å². The van der Waals surface area contributed by atoms with Crippen molar-refractivity contribution in [2.75, 3.05) is 17.3 Å². The maximum Gasteiger partial charge on any atom is 0.225 e. The van der Waals surface area contributed by atoms with Crippen molar-refractivity contribution in [1.82, 2.24) is 0 Å². The molecule has 0 unspecified atom stereocenters. The van der Waals surface area contributed by atoms with Crippen molar-refractivity contribution >= 4 is 21.4 Å². The second-order valence-corrected chi connectivity index (χ2v) is 5.85. The fraction of sp³-hybridized carbons (Fsp3) is 0.273. The lowest BCUT2D eigenvalue weighted by Gasteiger charge is -2.05. The number of rotatable bonds is 4. The molecule has 0 bridgehead atoms. The van der Waals surface area contributed by atoms with E-state index in [1.54, 1.807) is 24.3 Å². The molecule has 0 aliphatic heterocycles. The first-order valence-corrected chi connectivity index (χ1v) is 6.95. The van der Waals surface area contributed by atoms with Crippen molar-refractivity contribution in [2.45, 2.75) is 6.42 Å². The van der Waals surface area contributed by atoms with Crippen LogP contribution in [0.4, 0.5) is 5.69 Å². The minimum atomic E-state index is -3.15. The number of anilines is 1. The standard InChI is InChI=1S/C11H12N2O3S/c1-17(15,16)7-6-11(14)13-10-5-3-2-4-9(10)8-12/h2-5H,6-7H2,1H3,(H,13,14). The zero-order chi connectivity index (χ0) is 12.9. The highest BCUT2D eigenvalue weighted by atomic mass is 32.2. The normalized spacial score (nSPS) is 10.6. The Labute approximate surface area is 100.0 Å². The molecule has 0 spiro atoms. The van der Waals surface area contributed by atoms with Crippen LogP contribution in [0.3, 0.4) is 0 Å². The number of nitriles is 1. The van der Waals surface area contributed by atoms with E-state index in [9.17, 15) is 13.2 Å². The van der Waals surface area contributed by atoms with Crippen molar-refractivity contribution in [3.8, 4) is 6.07 Å². The third kappa shape index (κ3) is 4.66. The molecule has 1 aromatic rings. The first-order chi connectivity index (χ1) is 7.92. The molecule has 0 radical (unpaired) electrons. The molecule has 0 aliphatic carbocycles. The van der Waals surface area contributed by atoms with E-state index in [0.29, 0.717) is 11.3 Å². The van der Waals surface area contributed by atoms with Gasteiger partial charge in [-0.3, -0.25) is 4.79 Å². The summed E-state index contributed by atoms with van der Waals surface area (Å²) in [6.45, 7) is 0. The molecule has 1 rings (SSSR count). The average molecular weight is 252 g/mol. The Morgan fingerprint density at radius 1 is 1.41 bits per heavy atom. The zero-order valence-electron chi connectivity index (χ0n) is 9.30. The Balaban J connectivity index is 2.66. The van der Waals surface area contributed by atoms with Gasteiger partial charge in [0.05, 0.1) is 17.0 Å². The number of sulfone groups is 1. The number of benzene rings is 1. The van der Waals surface area contributed by atoms with Gasteiger partial charge in [-0.2, -0.15) is 5.26 Å². The predicted octanol–water partition coefficient (Wildman–Crippen LogP) is 0.931. The monoisotopic (exact) mass is 252 g/mol. The van der Waals surface area contributed by atoms with Crippen molar-refractivity contribution in [1.29, 1.82) is 5.26 Å². The Bertz CT molecular complexity index is 558. The lowest BCUT2D eigenvalue weighted by molar-refractivity contribution is -0.115. The Kier molecular flexibility index (Phi) is 4.24. The highest BCUT2D eigenvalue weighted by molar-refractivity contribution is 7.90. The second-order valence-electron chi connectivity index (χ2n) is 3.59. The molecule has 0 heterocycles. The lowest BCUT2D eigenvalue weighted by Crippen LogP contribution is -2.17. The summed E-state index contributed by atoms with van der Waals surface area (Å²) < 4.78 is 21.8. The molecule has 1 N–H and O–H groups in total. The third-order valence-corrected chi connectivity index (χ3v) is 2.97. The summed E-state index contributed by atoms with van der Waals surface area (Å²) >= 11 is 0. The number of amides is 1. The van der Waals surface area contributed by atoms with Crippen LogP contribution in [0.1, 0.15) is 12.0 Å². The molecule has 1 amide bonds. The molecule has 0 fully saturated rings. The quantitative estimate of drug-likeness (QED) is 0.863. The molecule has 0 aliphatic rings. The van der Waals surface area contributed by atoms with Gasteiger partial charge in [0.15, 0.2) is 0 Å². The van der Waals surface area contributed by atoms with E-state index in [1.807, 2.05) is 6.07 Å². The highest BCUT2D eigenvalue weighted by Gasteiger charge is 2.09. The van der Waals surface area contributed by atoms with Gasteiger partial charge in [0.2, 0.25) is 5.91 Å². The molecule has 90 valence electrons. The molecule has 0 saturated heterocycles. The van der Waals surface area contributed by atoms with Gasteiger partial charge < -0.3 is 5.32 Å². The number of para-hydroxylation sites is 1. The van der Waals surface area contributed by atoms with Crippen molar-refractivity contribution < 1.29 is 13.2 Å². The smallest absolute Gasteiger partial charge is 0.225 e. The zero-order valence-corrected chi connectivity index (χ0v) is 10.1. The first-order valence-electron chi connectivity index (χ1n) is 4.89. The largest absolute Gasteiger partial charge is 0.325 e. The number of hydrogen-bond donors (Lipinski definition) is 1. The topological polar surface area (TPSA) is 87.0 Å². The fourth-order valence-corrected chi connectivity index (χ4v) is 1.74. The Morgan fingerprint density at radius 3 is 2.65 bits per heavy atom. The van der Waals surface area contributed by atoms with E-state index in [1.165, 1.54) is 0 Å². The Morgan fingerprint density at radius 2 is 2.06 bits per heavy atom. The van der Waals surface area contributed by atoms with Gasteiger partial charge in [-0.15, -0.1) is 0 Å².